The fourth-order valence-electron chi connectivity index (χ4n) is 3.38. The third kappa shape index (κ3) is 2.90. The lowest BCUT2D eigenvalue weighted by atomic mass is 10.2. The number of aromatic nitrogens is 3. The fourth-order valence-corrected chi connectivity index (χ4v) is 5.05. The van der Waals surface area contributed by atoms with Crippen LogP contribution in [0.5, 0.6) is 0 Å². The number of fused-ring (bicyclic) bond motifs is 1. The highest BCUT2D eigenvalue weighted by atomic mass is 32.2. The van der Waals surface area contributed by atoms with E-state index in [-0.39, 0.29) is 10.9 Å². The van der Waals surface area contributed by atoms with Crippen molar-refractivity contribution in [2.45, 2.75) is 44.2 Å². The zero-order valence-electron chi connectivity index (χ0n) is 15.8. The number of nitrogens with zero attached hydrogens (tertiary/aromatic N) is 4. The first-order valence-corrected chi connectivity index (χ1v) is 10.2. The molecule has 27 heavy (non-hydrogen) atoms. The van der Waals surface area contributed by atoms with Crippen LogP contribution < -0.4 is 5.76 Å². The van der Waals surface area contributed by atoms with Crippen LogP contribution in [0.3, 0.4) is 0 Å². The van der Waals surface area contributed by atoms with Crippen molar-refractivity contribution in [3.8, 4) is 0 Å². The highest BCUT2D eigenvalue weighted by Crippen LogP contribution is 2.35. The second-order valence-electron chi connectivity index (χ2n) is 7.11. The molecule has 1 aromatic carbocycles. The summed E-state index contributed by atoms with van der Waals surface area (Å²) in [4.78, 5) is 11.9. The predicted octanol–water partition coefficient (Wildman–Crippen LogP) is 1.84. The molecule has 144 valence electrons. The summed E-state index contributed by atoms with van der Waals surface area (Å²) in [6.45, 7) is 4.13. The van der Waals surface area contributed by atoms with Gasteiger partial charge in [-0.25, -0.2) is 13.2 Å². The normalized spacial score (nSPS) is 15.1. The Morgan fingerprint density at radius 1 is 1.26 bits per heavy atom. The summed E-state index contributed by atoms with van der Waals surface area (Å²) in [5.41, 5.74) is 3.57. The van der Waals surface area contributed by atoms with Crippen LogP contribution in [0.25, 0.3) is 11.1 Å². The molecule has 2 aromatic heterocycles. The number of rotatable bonds is 5. The molecule has 0 amide bonds. The third-order valence-electron chi connectivity index (χ3n) is 5.30. The Hall–Kier alpha value is -2.39. The lowest BCUT2D eigenvalue weighted by Gasteiger charge is -2.22. The number of aryl methyl sites for hydroxylation is 3. The highest BCUT2D eigenvalue weighted by Gasteiger charge is 2.39. The van der Waals surface area contributed by atoms with Gasteiger partial charge in [0.2, 0.25) is 10.0 Å². The monoisotopic (exact) mass is 390 g/mol. The number of sulfonamides is 1. The van der Waals surface area contributed by atoms with Gasteiger partial charge in [-0.15, -0.1) is 0 Å². The maximum Gasteiger partial charge on any atom is 0.419 e. The summed E-state index contributed by atoms with van der Waals surface area (Å²) in [6, 6.07) is 4.54. The molecule has 0 aliphatic heterocycles. The Balaban J connectivity index is 1.78. The molecule has 0 N–H and O–H groups in total. The number of benzene rings is 1. The second-order valence-corrected chi connectivity index (χ2v) is 9.00. The van der Waals surface area contributed by atoms with Crippen LogP contribution in [0.15, 0.2) is 32.3 Å². The van der Waals surface area contributed by atoms with Crippen molar-refractivity contribution < 1.29 is 12.8 Å². The minimum atomic E-state index is -3.72. The average molecular weight is 390 g/mol. The van der Waals surface area contributed by atoms with Gasteiger partial charge in [0.15, 0.2) is 5.58 Å². The molecule has 0 bridgehead atoms. The largest absolute Gasteiger partial charge is 0.419 e. The molecule has 0 unspecified atom stereocenters. The van der Waals surface area contributed by atoms with Gasteiger partial charge in [0.05, 0.1) is 16.1 Å². The van der Waals surface area contributed by atoms with Gasteiger partial charge in [0, 0.05) is 37.9 Å². The van der Waals surface area contributed by atoms with Gasteiger partial charge in [-0.2, -0.15) is 9.40 Å². The lowest BCUT2D eigenvalue weighted by molar-refractivity contribution is 0.397. The lowest BCUT2D eigenvalue weighted by Crippen LogP contribution is -2.33. The first-order chi connectivity index (χ1) is 12.7. The maximum absolute atomic E-state index is 13.4. The molecular formula is C18H22N4O4S. The summed E-state index contributed by atoms with van der Waals surface area (Å²) in [6.07, 6.45) is 1.70. The minimum absolute atomic E-state index is 0.00197. The molecule has 1 saturated carbocycles. The SMILES string of the molecule is Cc1nn(C)c(C)c1CN(C1CC1)S(=O)(=O)c1ccc2oc(=O)n(C)c2c1. The van der Waals surface area contributed by atoms with Crippen molar-refractivity contribution in [2.24, 2.45) is 14.1 Å². The Labute approximate surface area is 157 Å². The molecule has 4 rings (SSSR count). The van der Waals surface area contributed by atoms with E-state index in [1.165, 1.54) is 22.8 Å². The Morgan fingerprint density at radius 2 is 1.96 bits per heavy atom. The van der Waals surface area contributed by atoms with Crippen LogP contribution in [0.1, 0.15) is 29.8 Å². The quantitative estimate of drug-likeness (QED) is 0.663. The van der Waals surface area contributed by atoms with E-state index in [0.29, 0.717) is 17.6 Å². The van der Waals surface area contributed by atoms with E-state index in [0.717, 1.165) is 29.8 Å². The first kappa shape index (κ1) is 18.0. The van der Waals surface area contributed by atoms with E-state index in [1.54, 1.807) is 16.0 Å². The van der Waals surface area contributed by atoms with Crippen molar-refractivity contribution in [1.82, 2.24) is 18.7 Å². The van der Waals surface area contributed by atoms with Crippen molar-refractivity contribution >= 4 is 21.1 Å². The second kappa shape index (κ2) is 6.07. The van der Waals surface area contributed by atoms with E-state index in [2.05, 4.69) is 5.10 Å². The zero-order chi connectivity index (χ0) is 19.5. The molecule has 2 heterocycles. The summed E-state index contributed by atoms with van der Waals surface area (Å²) in [5.74, 6) is -0.514. The van der Waals surface area contributed by atoms with Gasteiger partial charge in [-0.3, -0.25) is 9.25 Å². The van der Waals surface area contributed by atoms with E-state index in [9.17, 15) is 13.2 Å². The minimum Gasteiger partial charge on any atom is -0.408 e. The summed E-state index contributed by atoms with van der Waals surface area (Å²) in [5, 5.41) is 4.40. The van der Waals surface area contributed by atoms with Gasteiger partial charge in [-0.1, -0.05) is 0 Å². The van der Waals surface area contributed by atoms with Gasteiger partial charge in [0.25, 0.3) is 0 Å². The zero-order valence-corrected chi connectivity index (χ0v) is 16.6. The molecule has 0 radical (unpaired) electrons. The topological polar surface area (TPSA) is 90.3 Å². The standard InChI is InChI=1S/C18H22N4O4S/c1-11-15(12(2)21(4)19-11)10-22(13-5-6-13)27(24,25)14-7-8-17-16(9-14)20(3)18(23)26-17/h7-9,13H,5-6,10H2,1-4H3. The predicted molar refractivity (Wildman–Crippen MR) is 99.9 cm³/mol. The Bertz CT molecular complexity index is 1200. The van der Waals surface area contributed by atoms with E-state index in [4.69, 9.17) is 4.42 Å². The molecular weight excluding hydrogens is 368 g/mol. The van der Waals surface area contributed by atoms with Crippen molar-refractivity contribution in [1.29, 1.82) is 0 Å². The van der Waals surface area contributed by atoms with Crippen LogP contribution in [-0.4, -0.2) is 33.1 Å². The van der Waals surface area contributed by atoms with Crippen molar-refractivity contribution in [3.63, 3.8) is 0 Å². The Morgan fingerprint density at radius 3 is 2.56 bits per heavy atom. The van der Waals surface area contributed by atoms with Crippen LogP contribution >= 0.6 is 0 Å². The highest BCUT2D eigenvalue weighted by molar-refractivity contribution is 7.89. The third-order valence-corrected chi connectivity index (χ3v) is 7.19. The molecule has 9 heteroatoms. The smallest absolute Gasteiger partial charge is 0.408 e. The summed E-state index contributed by atoms with van der Waals surface area (Å²) < 4.78 is 36.5. The van der Waals surface area contributed by atoms with Gasteiger partial charge in [-0.05, 0) is 44.9 Å². The van der Waals surface area contributed by atoms with Gasteiger partial charge in [0.1, 0.15) is 0 Å². The van der Waals surface area contributed by atoms with Crippen molar-refractivity contribution in [2.75, 3.05) is 0 Å². The number of oxazole rings is 1. The number of hydrogen-bond acceptors (Lipinski definition) is 5. The van der Waals surface area contributed by atoms with Gasteiger partial charge >= 0.3 is 5.76 Å². The van der Waals surface area contributed by atoms with Crippen molar-refractivity contribution in [3.05, 3.63) is 45.7 Å². The van der Waals surface area contributed by atoms with Crippen LogP contribution in [0.2, 0.25) is 0 Å². The first-order valence-electron chi connectivity index (χ1n) is 8.80. The molecule has 0 atom stereocenters. The molecule has 1 fully saturated rings. The molecule has 3 aromatic rings. The Kier molecular flexibility index (Phi) is 4.04. The average Bonchev–Trinajstić information content (AvgIpc) is 3.36. The van der Waals surface area contributed by atoms with Gasteiger partial charge < -0.3 is 4.42 Å². The molecule has 0 spiro atoms. The van der Waals surface area contributed by atoms with Crippen LogP contribution in [-0.2, 0) is 30.7 Å². The molecule has 1 aliphatic rings. The van der Waals surface area contributed by atoms with E-state index in [1.807, 2.05) is 20.9 Å². The summed E-state index contributed by atoms with van der Waals surface area (Å²) in [7, 11) is -0.303. The van der Waals surface area contributed by atoms with Crippen LogP contribution in [0.4, 0.5) is 0 Å². The summed E-state index contributed by atoms with van der Waals surface area (Å²) >= 11 is 0. The van der Waals surface area contributed by atoms with E-state index >= 15 is 0 Å². The molecule has 8 nitrogen and oxygen atoms in total. The van der Waals surface area contributed by atoms with Crippen LogP contribution in [0, 0.1) is 13.8 Å². The van der Waals surface area contributed by atoms with E-state index < -0.39 is 15.8 Å². The molecule has 0 saturated heterocycles. The fraction of sp³-hybridized carbons (Fsp3) is 0.444. The maximum atomic E-state index is 13.4. The molecule has 1 aliphatic carbocycles. The number of hydrogen-bond donors (Lipinski definition) is 0.